The highest BCUT2D eigenvalue weighted by atomic mass is 16.6. The van der Waals surface area contributed by atoms with Crippen molar-refractivity contribution in [3.05, 3.63) is 85.1 Å². The molecule has 0 aromatic rings. The molecular weight excluding hydrogens is 901 g/mol. The maximum Gasteiger partial charge on any atom is 0.306 e. The highest BCUT2D eigenvalue weighted by molar-refractivity contribution is 5.71. The topological polar surface area (TPSA) is 78.9 Å². The molecule has 0 saturated heterocycles. The van der Waals surface area contributed by atoms with Gasteiger partial charge in [0.2, 0.25) is 0 Å². The Balaban J connectivity index is 3.99. The van der Waals surface area contributed by atoms with Crippen LogP contribution >= 0.6 is 0 Å². The van der Waals surface area contributed by atoms with Crippen molar-refractivity contribution in [3.8, 4) is 0 Å². The van der Waals surface area contributed by atoms with Gasteiger partial charge in [0.25, 0.3) is 0 Å². The highest BCUT2D eigenvalue weighted by Gasteiger charge is 2.19. The van der Waals surface area contributed by atoms with Crippen LogP contribution in [0.15, 0.2) is 85.1 Å². The predicted molar refractivity (Wildman–Crippen MR) is 316 cm³/mol. The first-order valence-electron chi connectivity index (χ1n) is 31.1. The second kappa shape index (κ2) is 61.1. The summed E-state index contributed by atoms with van der Waals surface area (Å²) >= 11 is 0. The summed E-state index contributed by atoms with van der Waals surface area (Å²) in [6.07, 6.45) is 80.5. The Morgan fingerprint density at radius 3 is 0.890 bits per heavy atom. The van der Waals surface area contributed by atoms with E-state index in [4.69, 9.17) is 14.2 Å². The molecule has 0 aliphatic carbocycles. The molecule has 0 amide bonds. The van der Waals surface area contributed by atoms with E-state index in [-0.39, 0.29) is 31.1 Å². The van der Waals surface area contributed by atoms with Crippen LogP contribution in [-0.2, 0) is 28.6 Å². The average molecular weight is 1020 g/mol. The molecule has 1 atom stereocenters. The average Bonchev–Trinajstić information content (AvgIpc) is 3.39. The molecule has 0 bridgehead atoms. The van der Waals surface area contributed by atoms with Crippen molar-refractivity contribution in [1.29, 1.82) is 0 Å². The molecule has 6 nitrogen and oxygen atoms in total. The number of hydrogen-bond acceptors (Lipinski definition) is 6. The van der Waals surface area contributed by atoms with Crippen molar-refractivity contribution in [2.45, 2.75) is 309 Å². The smallest absolute Gasteiger partial charge is 0.306 e. The van der Waals surface area contributed by atoms with Gasteiger partial charge in [-0.05, 0) is 89.9 Å². The first-order valence-corrected chi connectivity index (χ1v) is 31.1. The van der Waals surface area contributed by atoms with Crippen molar-refractivity contribution < 1.29 is 28.6 Å². The number of unbranched alkanes of at least 4 members (excludes halogenated alkanes) is 31. The molecule has 0 heterocycles. The normalized spacial score (nSPS) is 12.6. The number of carbonyl (C=O) groups is 3. The minimum atomic E-state index is -0.774. The fourth-order valence-electron chi connectivity index (χ4n) is 8.72. The number of ether oxygens (including phenoxy) is 3. The fourth-order valence-corrected chi connectivity index (χ4v) is 8.72. The van der Waals surface area contributed by atoms with Crippen LogP contribution in [0.1, 0.15) is 303 Å². The molecule has 0 radical (unpaired) electrons. The summed E-state index contributed by atoms with van der Waals surface area (Å²) in [6.45, 7) is 6.48. The van der Waals surface area contributed by atoms with E-state index in [0.29, 0.717) is 19.3 Å². The van der Waals surface area contributed by atoms with Gasteiger partial charge < -0.3 is 14.2 Å². The zero-order valence-corrected chi connectivity index (χ0v) is 48.1. The van der Waals surface area contributed by atoms with E-state index in [0.717, 1.165) is 109 Å². The Morgan fingerprint density at radius 2 is 0.548 bits per heavy atom. The van der Waals surface area contributed by atoms with E-state index in [1.807, 2.05) is 0 Å². The zero-order chi connectivity index (χ0) is 52.9. The number of rotatable bonds is 56. The van der Waals surface area contributed by atoms with Crippen LogP contribution in [0.5, 0.6) is 0 Å². The quantitative estimate of drug-likeness (QED) is 0.0261. The van der Waals surface area contributed by atoms with Crippen molar-refractivity contribution in [3.63, 3.8) is 0 Å². The molecule has 6 heteroatoms. The predicted octanol–water partition coefficient (Wildman–Crippen LogP) is 21.1. The lowest BCUT2D eigenvalue weighted by molar-refractivity contribution is -0.167. The van der Waals surface area contributed by atoms with Crippen LogP contribution < -0.4 is 0 Å². The number of hydrogen-bond donors (Lipinski definition) is 0. The Hall–Kier alpha value is -3.41. The van der Waals surface area contributed by atoms with E-state index < -0.39 is 6.10 Å². The van der Waals surface area contributed by atoms with Crippen LogP contribution in [0, 0.1) is 0 Å². The van der Waals surface area contributed by atoms with Gasteiger partial charge in [-0.2, -0.15) is 0 Å². The van der Waals surface area contributed by atoms with Gasteiger partial charge in [-0.3, -0.25) is 14.4 Å². The molecule has 73 heavy (non-hydrogen) atoms. The minimum absolute atomic E-state index is 0.0750. The molecule has 0 fully saturated rings. The lowest BCUT2D eigenvalue weighted by atomic mass is 10.0. The third-order valence-electron chi connectivity index (χ3n) is 13.4. The summed E-state index contributed by atoms with van der Waals surface area (Å²) in [5, 5.41) is 0. The second-order valence-electron chi connectivity index (χ2n) is 20.6. The van der Waals surface area contributed by atoms with Gasteiger partial charge in [-0.1, -0.05) is 279 Å². The minimum Gasteiger partial charge on any atom is -0.462 e. The van der Waals surface area contributed by atoms with Gasteiger partial charge in [-0.25, -0.2) is 0 Å². The molecule has 0 aromatic heterocycles. The standard InChI is InChI=1S/C67H116O6/c1-4-7-10-13-16-19-21-22-23-24-25-26-27-28-29-30-31-32-33-34-35-36-37-38-39-40-41-42-43-44-46-48-51-54-57-60-66(69)72-63-64(62-71-65(68)59-56-53-50-47-18-15-12-9-6-3)73-67(70)61-58-55-52-49-45-20-17-14-11-8-5-2/h7,10,14,16-17,19,22-23,25-26,28-29,31-32,64H,4-6,8-9,11-13,15,18,20-21,24,27,30,33-63H2,1-3H3/b10-7-,17-14-,19-16-,23-22-,26-25-,29-28-,32-31-. The van der Waals surface area contributed by atoms with Crippen molar-refractivity contribution >= 4 is 17.9 Å². The monoisotopic (exact) mass is 1020 g/mol. The Bertz CT molecular complexity index is 1400. The van der Waals surface area contributed by atoms with E-state index in [1.165, 1.54) is 154 Å². The summed E-state index contributed by atoms with van der Waals surface area (Å²) in [5.74, 6) is -0.879. The van der Waals surface area contributed by atoms with Crippen molar-refractivity contribution in [2.75, 3.05) is 13.2 Å². The van der Waals surface area contributed by atoms with Crippen LogP contribution in [-0.4, -0.2) is 37.2 Å². The van der Waals surface area contributed by atoms with E-state index >= 15 is 0 Å². The van der Waals surface area contributed by atoms with Crippen LogP contribution in [0.25, 0.3) is 0 Å². The molecular formula is C67H116O6. The van der Waals surface area contributed by atoms with E-state index in [1.54, 1.807) is 0 Å². The molecule has 0 rings (SSSR count). The van der Waals surface area contributed by atoms with Gasteiger partial charge in [0, 0.05) is 19.3 Å². The highest BCUT2D eigenvalue weighted by Crippen LogP contribution is 2.16. The molecule has 1 unspecified atom stereocenters. The van der Waals surface area contributed by atoms with E-state index in [2.05, 4.69) is 106 Å². The van der Waals surface area contributed by atoms with Crippen LogP contribution in [0.4, 0.5) is 0 Å². The van der Waals surface area contributed by atoms with Crippen LogP contribution in [0.3, 0.4) is 0 Å². The summed E-state index contributed by atoms with van der Waals surface area (Å²) in [7, 11) is 0. The lowest BCUT2D eigenvalue weighted by Crippen LogP contribution is -2.30. The lowest BCUT2D eigenvalue weighted by Gasteiger charge is -2.18. The maximum atomic E-state index is 12.8. The number of esters is 3. The SMILES string of the molecule is CC/C=C\C/C=C\C/C=C\C/C=C\C/C=C\C/C=C\CCCCCCCCCCCCCCCCCCC(=O)OCC(COC(=O)CCCCCCCCCCC)OC(=O)CCCCCCC/C=C\CCCC. The van der Waals surface area contributed by atoms with Crippen LogP contribution in [0.2, 0.25) is 0 Å². The van der Waals surface area contributed by atoms with Gasteiger partial charge in [-0.15, -0.1) is 0 Å². The van der Waals surface area contributed by atoms with Gasteiger partial charge in [0.15, 0.2) is 6.10 Å². The molecule has 0 aromatic carbocycles. The molecule has 0 aliphatic heterocycles. The Kier molecular flexibility index (Phi) is 58.3. The Labute approximate surface area is 452 Å². The molecule has 0 spiro atoms. The molecule has 420 valence electrons. The maximum absolute atomic E-state index is 12.8. The molecule has 0 N–H and O–H groups in total. The first-order chi connectivity index (χ1) is 36.0. The summed E-state index contributed by atoms with van der Waals surface area (Å²) < 4.78 is 16.8. The number of carbonyl (C=O) groups excluding carboxylic acids is 3. The van der Waals surface area contributed by atoms with Gasteiger partial charge in [0.05, 0.1) is 0 Å². The van der Waals surface area contributed by atoms with Gasteiger partial charge in [0.1, 0.15) is 13.2 Å². The first kappa shape index (κ1) is 69.6. The summed E-state index contributed by atoms with van der Waals surface area (Å²) in [6, 6.07) is 0. The molecule has 0 saturated carbocycles. The molecule has 0 aliphatic rings. The fraction of sp³-hybridized carbons (Fsp3) is 0.746. The third-order valence-corrected chi connectivity index (χ3v) is 13.4. The number of allylic oxidation sites excluding steroid dienone is 14. The third kappa shape index (κ3) is 59.3. The van der Waals surface area contributed by atoms with Crippen molar-refractivity contribution in [1.82, 2.24) is 0 Å². The second-order valence-corrected chi connectivity index (χ2v) is 20.6. The van der Waals surface area contributed by atoms with Gasteiger partial charge >= 0.3 is 17.9 Å². The summed E-state index contributed by atoms with van der Waals surface area (Å²) in [5.41, 5.74) is 0. The Morgan fingerprint density at radius 1 is 0.288 bits per heavy atom. The zero-order valence-electron chi connectivity index (χ0n) is 48.1. The largest absolute Gasteiger partial charge is 0.462 e. The van der Waals surface area contributed by atoms with E-state index in [9.17, 15) is 14.4 Å². The summed E-state index contributed by atoms with van der Waals surface area (Å²) in [4.78, 5) is 38.0. The van der Waals surface area contributed by atoms with Crippen molar-refractivity contribution in [2.24, 2.45) is 0 Å².